The van der Waals surface area contributed by atoms with Gasteiger partial charge in [0.25, 0.3) is 0 Å². The highest BCUT2D eigenvalue weighted by Gasteiger charge is 2.37. The molecule has 0 aliphatic rings. The van der Waals surface area contributed by atoms with Gasteiger partial charge in [0.2, 0.25) is 5.91 Å². The van der Waals surface area contributed by atoms with Crippen LogP contribution in [0, 0.1) is 0 Å². The van der Waals surface area contributed by atoms with Gasteiger partial charge in [0.15, 0.2) is 0 Å². The normalized spacial score (nSPS) is 12.0. The summed E-state index contributed by atoms with van der Waals surface area (Å²) in [5.41, 5.74) is -3.09. The lowest BCUT2D eigenvalue weighted by atomic mass is 10.1. The summed E-state index contributed by atoms with van der Waals surface area (Å²) in [7, 11) is 1.42. The highest BCUT2D eigenvalue weighted by Crippen LogP contribution is 2.37. The van der Waals surface area contributed by atoms with Gasteiger partial charge in [-0.15, -0.1) is 0 Å². The zero-order valence-electron chi connectivity index (χ0n) is 13.3. The van der Waals surface area contributed by atoms with Crippen molar-refractivity contribution in [3.63, 3.8) is 0 Å². The van der Waals surface area contributed by atoms with Gasteiger partial charge in [-0.25, -0.2) is 0 Å². The summed E-state index contributed by atoms with van der Waals surface area (Å²) >= 11 is 0. The van der Waals surface area contributed by atoms with Gasteiger partial charge in [0.1, 0.15) is 5.75 Å². The number of anilines is 1. The van der Waals surface area contributed by atoms with E-state index in [-0.39, 0.29) is 12.5 Å². The van der Waals surface area contributed by atoms with Crippen LogP contribution in [0.3, 0.4) is 0 Å². The van der Waals surface area contributed by atoms with Crippen LogP contribution >= 0.6 is 0 Å². The van der Waals surface area contributed by atoms with Crippen molar-refractivity contribution in [3.05, 3.63) is 59.2 Å². The Balaban J connectivity index is 2.25. The number of rotatable bonds is 4. The average Bonchev–Trinajstić information content (AvgIpc) is 2.53. The van der Waals surface area contributed by atoms with Crippen LogP contribution in [0.4, 0.5) is 32.0 Å². The molecule has 3 nitrogen and oxygen atoms in total. The third kappa shape index (κ3) is 5.14. The molecule has 0 spiro atoms. The molecule has 140 valence electrons. The first-order chi connectivity index (χ1) is 12.0. The lowest BCUT2D eigenvalue weighted by Crippen LogP contribution is -2.17. The van der Waals surface area contributed by atoms with Gasteiger partial charge in [-0.3, -0.25) is 4.79 Å². The van der Waals surface area contributed by atoms with Crippen LogP contribution in [0.5, 0.6) is 5.75 Å². The van der Waals surface area contributed by atoms with E-state index in [2.05, 4.69) is 5.32 Å². The fourth-order valence-electron chi connectivity index (χ4n) is 2.20. The second-order valence-electron chi connectivity index (χ2n) is 5.37. The second kappa shape index (κ2) is 7.27. The Kier molecular flexibility index (Phi) is 5.48. The number of halogens is 6. The van der Waals surface area contributed by atoms with E-state index in [0.29, 0.717) is 23.4 Å². The van der Waals surface area contributed by atoms with Gasteiger partial charge >= 0.3 is 12.4 Å². The van der Waals surface area contributed by atoms with Crippen molar-refractivity contribution in [2.45, 2.75) is 18.8 Å². The summed E-state index contributed by atoms with van der Waals surface area (Å²) in [5, 5.41) is 2.07. The van der Waals surface area contributed by atoms with Crippen molar-refractivity contribution < 1.29 is 35.9 Å². The Labute approximate surface area is 144 Å². The Morgan fingerprint density at radius 2 is 1.54 bits per heavy atom. The lowest BCUT2D eigenvalue weighted by molar-refractivity contribution is -0.143. The van der Waals surface area contributed by atoms with E-state index in [4.69, 9.17) is 4.74 Å². The van der Waals surface area contributed by atoms with Gasteiger partial charge in [-0.05, 0) is 35.9 Å². The molecule has 0 saturated carbocycles. The SMILES string of the molecule is COc1cccc(CC(=O)Nc2cc(C(F)(F)F)cc(C(F)(F)F)c2)c1. The summed E-state index contributed by atoms with van der Waals surface area (Å²) in [6.07, 6.45) is -10.2. The molecule has 0 unspecified atom stereocenters. The van der Waals surface area contributed by atoms with Crippen molar-refractivity contribution in [2.75, 3.05) is 12.4 Å². The third-order valence-corrected chi connectivity index (χ3v) is 3.37. The molecule has 26 heavy (non-hydrogen) atoms. The summed E-state index contributed by atoms with van der Waals surface area (Å²) in [6.45, 7) is 0. The first kappa shape index (κ1) is 19.6. The number of methoxy groups -OCH3 is 1. The monoisotopic (exact) mass is 377 g/mol. The maximum absolute atomic E-state index is 12.8. The van der Waals surface area contributed by atoms with Gasteiger partial charge in [0.05, 0.1) is 24.7 Å². The number of hydrogen-bond acceptors (Lipinski definition) is 2. The van der Waals surface area contributed by atoms with Crippen molar-refractivity contribution in [2.24, 2.45) is 0 Å². The molecule has 0 aliphatic heterocycles. The minimum Gasteiger partial charge on any atom is -0.497 e. The molecule has 1 N–H and O–H groups in total. The van der Waals surface area contributed by atoms with Crippen molar-refractivity contribution in [1.29, 1.82) is 0 Å². The Morgan fingerprint density at radius 3 is 2.04 bits per heavy atom. The molecule has 1 amide bonds. The zero-order valence-corrected chi connectivity index (χ0v) is 13.3. The van der Waals surface area contributed by atoms with Gasteiger partial charge < -0.3 is 10.1 Å². The van der Waals surface area contributed by atoms with E-state index < -0.39 is 35.1 Å². The van der Waals surface area contributed by atoms with Gasteiger partial charge in [-0.2, -0.15) is 26.3 Å². The first-order valence-corrected chi connectivity index (χ1v) is 7.21. The highest BCUT2D eigenvalue weighted by atomic mass is 19.4. The van der Waals surface area contributed by atoms with E-state index >= 15 is 0 Å². The van der Waals surface area contributed by atoms with Crippen LogP contribution in [0.15, 0.2) is 42.5 Å². The number of benzene rings is 2. The van der Waals surface area contributed by atoms with Crippen LogP contribution in [0.1, 0.15) is 16.7 Å². The Morgan fingerprint density at radius 1 is 0.962 bits per heavy atom. The Hall–Kier alpha value is -2.71. The van der Waals surface area contributed by atoms with Gasteiger partial charge in [-0.1, -0.05) is 12.1 Å². The first-order valence-electron chi connectivity index (χ1n) is 7.21. The summed E-state index contributed by atoms with van der Waals surface area (Å²) < 4.78 is 81.8. The third-order valence-electron chi connectivity index (χ3n) is 3.37. The number of alkyl halides is 6. The molecule has 0 saturated heterocycles. The summed E-state index contributed by atoms with van der Waals surface area (Å²) in [4.78, 5) is 12.0. The predicted molar refractivity (Wildman–Crippen MR) is 81.8 cm³/mol. The van der Waals surface area contributed by atoms with Crippen molar-refractivity contribution in [3.8, 4) is 5.75 Å². The van der Waals surface area contributed by atoms with Crippen LogP contribution in [0.25, 0.3) is 0 Å². The summed E-state index contributed by atoms with van der Waals surface area (Å²) in [5.74, 6) is -0.292. The number of ether oxygens (including phenoxy) is 1. The van der Waals surface area contributed by atoms with E-state index in [1.807, 2.05) is 0 Å². The molecule has 0 radical (unpaired) electrons. The lowest BCUT2D eigenvalue weighted by Gasteiger charge is -2.15. The molecule has 0 atom stereocenters. The van der Waals surface area contributed by atoms with Crippen LogP contribution < -0.4 is 10.1 Å². The smallest absolute Gasteiger partial charge is 0.416 e. The topological polar surface area (TPSA) is 38.3 Å². The average molecular weight is 377 g/mol. The predicted octanol–water partition coefficient (Wildman–Crippen LogP) is 4.91. The molecule has 0 bridgehead atoms. The van der Waals surface area contributed by atoms with Crippen molar-refractivity contribution >= 4 is 11.6 Å². The van der Waals surface area contributed by atoms with Gasteiger partial charge in [0, 0.05) is 5.69 Å². The largest absolute Gasteiger partial charge is 0.497 e. The molecule has 2 aromatic rings. The fraction of sp³-hybridized carbons (Fsp3) is 0.235. The fourth-order valence-corrected chi connectivity index (χ4v) is 2.20. The molecule has 0 fully saturated rings. The van der Waals surface area contributed by atoms with Crippen LogP contribution in [-0.4, -0.2) is 13.0 Å². The van der Waals surface area contributed by atoms with E-state index in [1.54, 1.807) is 18.2 Å². The molecular weight excluding hydrogens is 364 g/mol. The highest BCUT2D eigenvalue weighted by molar-refractivity contribution is 5.92. The standard InChI is InChI=1S/C17H13F6NO2/c1-26-14-4-2-3-10(5-14)6-15(25)24-13-8-11(16(18,19)20)7-12(9-13)17(21,22)23/h2-5,7-9H,6H2,1H3,(H,24,25). The molecule has 0 heterocycles. The second-order valence-corrected chi connectivity index (χ2v) is 5.37. The number of carbonyl (C=O) groups is 1. The molecule has 9 heteroatoms. The molecule has 0 aliphatic carbocycles. The molecular formula is C17H13F6NO2. The van der Waals surface area contributed by atoms with Crippen LogP contribution in [-0.2, 0) is 23.6 Å². The molecule has 2 aromatic carbocycles. The molecule has 0 aromatic heterocycles. The van der Waals surface area contributed by atoms with E-state index in [9.17, 15) is 31.1 Å². The number of hydrogen-bond donors (Lipinski definition) is 1. The maximum atomic E-state index is 12.8. The number of amides is 1. The van der Waals surface area contributed by atoms with Crippen LogP contribution in [0.2, 0.25) is 0 Å². The maximum Gasteiger partial charge on any atom is 0.416 e. The summed E-state index contributed by atoms with van der Waals surface area (Å²) in [6, 6.07) is 7.26. The quantitative estimate of drug-likeness (QED) is 0.769. The number of carbonyl (C=O) groups excluding carboxylic acids is 1. The molecule has 2 rings (SSSR count). The van der Waals surface area contributed by atoms with E-state index in [0.717, 1.165) is 0 Å². The number of nitrogens with one attached hydrogen (secondary N) is 1. The Bertz CT molecular complexity index is 766. The minimum absolute atomic E-state index is 0.00227. The van der Waals surface area contributed by atoms with Crippen molar-refractivity contribution in [1.82, 2.24) is 0 Å². The zero-order chi connectivity index (χ0) is 19.5. The van der Waals surface area contributed by atoms with E-state index in [1.165, 1.54) is 13.2 Å². The minimum atomic E-state index is -4.98.